The van der Waals surface area contributed by atoms with Gasteiger partial charge in [0.1, 0.15) is 0 Å². The Bertz CT molecular complexity index is 714. The summed E-state index contributed by atoms with van der Waals surface area (Å²) in [6, 6.07) is 0. The van der Waals surface area contributed by atoms with Crippen molar-refractivity contribution in [2.45, 2.75) is 11.3 Å². The number of aryl methyl sites for hydroxylation is 2. The first-order chi connectivity index (χ1) is 10.2. The van der Waals surface area contributed by atoms with Gasteiger partial charge in [-0.05, 0) is 6.92 Å². The average molecular weight is 342 g/mol. The van der Waals surface area contributed by atoms with E-state index >= 15 is 0 Å². The number of hydrogen-bond acceptors (Lipinski definition) is 9. The number of nitrogens with one attached hydrogen (secondary N) is 1. The number of hydrogen-bond donors (Lipinski definition) is 1. The molecule has 0 fully saturated rings. The van der Waals surface area contributed by atoms with Gasteiger partial charge in [-0.15, -0.1) is 10.2 Å². The number of ether oxygens (including phenoxy) is 1. The summed E-state index contributed by atoms with van der Waals surface area (Å²) in [5, 5.41) is 17.4. The van der Waals surface area contributed by atoms with Crippen LogP contribution in [0.15, 0.2) is 4.34 Å². The van der Waals surface area contributed by atoms with Crippen molar-refractivity contribution in [3.05, 3.63) is 5.69 Å². The third kappa shape index (κ3) is 3.18. The molecule has 0 aliphatic rings. The molecule has 3 rings (SSSR count). The molecule has 10 heteroatoms. The average Bonchev–Trinajstić information content (AvgIpc) is 3.11. The first-order valence-electron chi connectivity index (χ1n) is 6.20. The normalized spacial score (nSPS) is 11.4. The van der Waals surface area contributed by atoms with Gasteiger partial charge in [0, 0.05) is 19.9 Å². The van der Waals surface area contributed by atoms with Gasteiger partial charge in [-0.2, -0.15) is 5.10 Å². The quantitative estimate of drug-likeness (QED) is 0.545. The molecule has 21 heavy (non-hydrogen) atoms. The van der Waals surface area contributed by atoms with Crippen LogP contribution in [-0.4, -0.2) is 44.4 Å². The molecule has 0 amide bonds. The van der Waals surface area contributed by atoms with Crippen LogP contribution in [0.3, 0.4) is 0 Å². The Labute approximate surface area is 133 Å². The summed E-state index contributed by atoms with van der Waals surface area (Å²) in [4.78, 5) is 4.53. The zero-order valence-corrected chi connectivity index (χ0v) is 14.2. The van der Waals surface area contributed by atoms with Crippen LogP contribution in [0.2, 0.25) is 0 Å². The minimum absolute atomic E-state index is 0.706. The van der Waals surface area contributed by atoms with Gasteiger partial charge in [0.05, 0.1) is 17.0 Å². The summed E-state index contributed by atoms with van der Waals surface area (Å²) < 4.78 is 8.83. The lowest BCUT2D eigenvalue weighted by atomic mass is 10.5. The Balaban J connectivity index is 1.71. The second-order valence-corrected chi connectivity index (χ2v) is 7.54. The first kappa shape index (κ1) is 14.7. The number of anilines is 2. The van der Waals surface area contributed by atoms with E-state index in [2.05, 4.69) is 25.6 Å². The van der Waals surface area contributed by atoms with E-state index in [0.717, 1.165) is 36.4 Å². The smallest absolute Gasteiger partial charge is 0.212 e. The lowest BCUT2D eigenvalue weighted by molar-refractivity contribution is 0.218. The van der Waals surface area contributed by atoms with Gasteiger partial charge in [-0.3, -0.25) is 0 Å². The zero-order valence-electron chi connectivity index (χ0n) is 11.8. The molecule has 112 valence electrons. The highest BCUT2D eigenvalue weighted by atomic mass is 32.2. The number of fused-ring (bicyclic) bond motifs is 1. The lowest BCUT2D eigenvalue weighted by Gasteiger charge is -1.95. The Hall–Kier alpha value is -1.23. The molecule has 0 unspecified atom stereocenters. The Morgan fingerprint density at radius 1 is 1.29 bits per heavy atom. The van der Waals surface area contributed by atoms with Gasteiger partial charge < -0.3 is 10.1 Å². The number of methoxy groups -OCH3 is 1. The van der Waals surface area contributed by atoms with Crippen LogP contribution < -0.4 is 5.32 Å². The van der Waals surface area contributed by atoms with Crippen molar-refractivity contribution in [3.8, 4) is 0 Å². The summed E-state index contributed by atoms with van der Waals surface area (Å²) in [6.45, 7) is 2.69. The summed E-state index contributed by atoms with van der Waals surface area (Å²) >= 11 is 4.73. The van der Waals surface area contributed by atoms with Gasteiger partial charge >= 0.3 is 0 Å². The molecule has 0 spiro atoms. The van der Waals surface area contributed by atoms with Crippen molar-refractivity contribution in [3.63, 3.8) is 0 Å². The van der Waals surface area contributed by atoms with Crippen molar-refractivity contribution in [2.24, 2.45) is 7.05 Å². The van der Waals surface area contributed by atoms with Crippen LogP contribution >= 0.6 is 34.4 Å². The summed E-state index contributed by atoms with van der Waals surface area (Å²) in [6.07, 6.45) is 0. The van der Waals surface area contributed by atoms with E-state index in [1.807, 2.05) is 14.0 Å². The molecule has 0 saturated carbocycles. The van der Waals surface area contributed by atoms with Crippen molar-refractivity contribution < 1.29 is 4.74 Å². The number of aromatic nitrogens is 5. The van der Waals surface area contributed by atoms with E-state index in [0.29, 0.717) is 6.61 Å². The monoisotopic (exact) mass is 342 g/mol. The van der Waals surface area contributed by atoms with Gasteiger partial charge in [0.2, 0.25) is 5.13 Å². The van der Waals surface area contributed by atoms with E-state index in [-0.39, 0.29) is 0 Å². The maximum atomic E-state index is 5.02. The Morgan fingerprint density at radius 2 is 2.14 bits per heavy atom. The molecule has 0 aliphatic heterocycles. The maximum Gasteiger partial charge on any atom is 0.212 e. The standard InChI is InChI=1S/C11H14N6OS3/c1-6-7-8(17(2)16-6)12-9(20-7)13-10-14-15-11(21-10)19-5-4-18-3/h4-5H2,1-3H3,(H,12,13,14). The van der Waals surface area contributed by atoms with Crippen LogP contribution in [0.1, 0.15) is 5.69 Å². The summed E-state index contributed by atoms with van der Waals surface area (Å²) in [7, 11) is 3.59. The van der Waals surface area contributed by atoms with Crippen molar-refractivity contribution in [1.82, 2.24) is 25.0 Å². The van der Waals surface area contributed by atoms with Gasteiger partial charge in [-0.25, -0.2) is 9.67 Å². The second kappa shape index (κ2) is 6.26. The molecular formula is C11H14N6OS3. The SMILES string of the molecule is COCCSc1nnc(Nc2nc3c(s2)c(C)nn3C)s1. The molecule has 0 saturated heterocycles. The molecule has 0 aromatic carbocycles. The fourth-order valence-electron chi connectivity index (χ4n) is 1.76. The largest absolute Gasteiger partial charge is 0.384 e. The van der Waals surface area contributed by atoms with Crippen LogP contribution in [0, 0.1) is 6.92 Å². The van der Waals surface area contributed by atoms with Crippen LogP contribution in [-0.2, 0) is 11.8 Å². The highest BCUT2D eigenvalue weighted by Crippen LogP contribution is 2.32. The topological polar surface area (TPSA) is 77.8 Å². The number of nitrogens with zero attached hydrogens (tertiary/aromatic N) is 5. The zero-order chi connectivity index (χ0) is 14.8. The van der Waals surface area contributed by atoms with Gasteiger partial charge in [0.25, 0.3) is 0 Å². The molecule has 3 heterocycles. The molecule has 0 atom stereocenters. The van der Waals surface area contributed by atoms with Crippen molar-refractivity contribution in [2.75, 3.05) is 24.8 Å². The summed E-state index contributed by atoms with van der Waals surface area (Å²) in [5.74, 6) is 0.872. The number of thioether (sulfide) groups is 1. The molecule has 3 aromatic heterocycles. The van der Waals surface area contributed by atoms with Crippen molar-refractivity contribution >= 4 is 55.0 Å². The molecule has 7 nitrogen and oxygen atoms in total. The fraction of sp³-hybridized carbons (Fsp3) is 0.455. The molecule has 1 N–H and O–H groups in total. The van der Waals surface area contributed by atoms with E-state index in [4.69, 9.17) is 4.74 Å². The lowest BCUT2D eigenvalue weighted by Crippen LogP contribution is -1.93. The number of rotatable bonds is 6. The molecular weight excluding hydrogens is 328 g/mol. The highest BCUT2D eigenvalue weighted by molar-refractivity contribution is 8.01. The first-order valence-corrected chi connectivity index (χ1v) is 8.81. The predicted octanol–water partition coefficient (Wildman–Crippen LogP) is 2.67. The van der Waals surface area contributed by atoms with Crippen LogP contribution in [0.5, 0.6) is 0 Å². The van der Waals surface area contributed by atoms with Gasteiger partial charge in [-0.1, -0.05) is 34.4 Å². The van der Waals surface area contributed by atoms with Gasteiger partial charge in [0.15, 0.2) is 15.1 Å². The van der Waals surface area contributed by atoms with E-state index in [1.54, 1.807) is 34.9 Å². The summed E-state index contributed by atoms with van der Waals surface area (Å²) in [5.41, 5.74) is 1.88. The minimum atomic E-state index is 0.706. The molecule has 0 aliphatic carbocycles. The molecule has 3 aromatic rings. The van der Waals surface area contributed by atoms with Crippen LogP contribution in [0.4, 0.5) is 10.3 Å². The predicted molar refractivity (Wildman–Crippen MR) is 86.9 cm³/mol. The van der Waals surface area contributed by atoms with Crippen molar-refractivity contribution in [1.29, 1.82) is 0 Å². The van der Waals surface area contributed by atoms with E-state index in [1.165, 1.54) is 11.3 Å². The Morgan fingerprint density at radius 3 is 2.90 bits per heavy atom. The molecule has 0 bridgehead atoms. The van der Waals surface area contributed by atoms with E-state index < -0.39 is 0 Å². The number of thiazole rings is 1. The third-order valence-corrected chi connectivity index (χ3v) is 5.68. The minimum Gasteiger partial charge on any atom is -0.384 e. The maximum absolute atomic E-state index is 5.02. The van der Waals surface area contributed by atoms with E-state index in [9.17, 15) is 0 Å². The Kier molecular flexibility index (Phi) is 4.38. The molecule has 0 radical (unpaired) electrons. The third-order valence-electron chi connectivity index (χ3n) is 2.68. The second-order valence-electron chi connectivity index (χ2n) is 4.22. The van der Waals surface area contributed by atoms with Crippen LogP contribution in [0.25, 0.3) is 10.3 Å². The highest BCUT2D eigenvalue weighted by Gasteiger charge is 2.13. The fourth-order valence-corrected chi connectivity index (χ4v) is 4.48.